The summed E-state index contributed by atoms with van der Waals surface area (Å²) in [5.41, 5.74) is 2.32. The first-order valence-corrected chi connectivity index (χ1v) is 7.05. The molecular formula is C14H24N4. The van der Waals surface area contributed by atoms with Crippen LogP contribution in [0.15, 0.2) is 6.20 Å². The van der Waals surface area contributed by atoms with Crippen LogP contribution in [0.25, 0.3) is 0 Å². The van der Waals surface area contributed by atoms with Gasteiger partial charge in [0.1, 0.15) is 0 Å². The van der Waals surface area contributed by atoms with E-state index in [1.807, 2.05) is 6.20 Å². The molecule has 0 aromatic carbocycles. The highest BCUT2D eigenvalue weighted by atomic mass is 15.2. The highest BCUT2D eigenvalue weighted by Gasteiger charge is 2.20. The summed E-state index contributed by atoms with van der Waals surface area (Å²) < 4.78 is 0. The molecule has 0 bridgehead atoms. The Bertz CT molecular complexity index is 387. The number of hydrogen-bond donors (Lipinski definition) is 1. The number of aryl methyl sites for hydroxylation is 1. The molecule has 0 amide bonds. The van der Waals surface area contributed by atoms with Crippen LogP contribution < -0.4 is 10.2 Å². The summed E-state index contributed by atoms with van der Waals surface area (Å²) in [4.78, 5) is 11.4. The van der Waals surface area contributed by atoms with E-state index in [0.717, 1.165) is 43.7 Å². The van der Waals surface area contributed by atoms with Crippen molar-refractivity contribution in [3.8, 4) is 0 Å². The van der Waals surface area contributed by atoms with Crippen molar-refractivity contribution < 1.29 is 0 Å². The van der Waals surface area contributed by atoms with Gasteiger partial charge in [0.2, 0.25) is 5.95 Å². The lowest BCUT2D eigenvalue weighted by Gasteiger charge is -2.20. The summed E-state index contributed by atoms with van der Waals surface area (Å²) >= 11 is 0. The van der Waals surface area contributed by atoms with E-state index in [4.69, 9.17) is 0 Å². The van der Waals surface area contributed by atoms with Gasteiger partial charge in [0.15, 0.2) is 0 Å². The van der Waals surface area contributed by atoms with Crippen molar-refractivity contribution in [3.05, 3.63) is 17.5 Å². The van der Waals surface area contributed by atoms with Crippen LogP contribution in [-0.2, 0) is 6.54 Å². The summed E-state index contributed by atoms with van der Waals surface area (Å²) in [6, 6.07) is 0.733. The molecule has 1 aliphatic rings. The summed E-state index contributed by atoms with van der Waals surface area (Å²) in [6.07, 6.45) is 5.74. The highest BCUT2D eigenvalue weighted by Crippen LogP contribution is 2.20. The van der Waals surface area contributed by atoms with Crippen molar-refractivity contribution in [1.82, 2.24) is 15.3 Å². The highest BCUT2D eigenvalue weighted by molar-refractivity contribution is 5.32. The Morgan fingerprint density at radius 2 is 2.17 bits per heavy atom. The van der Waals surface area contributed by atoms with E-state index in [1.54, 1.807) is 0 Å². The molecule has 2 rings (SSSR count). The number of aromatic nitrogens is 2. The van der Waals surface area contributed by atoms with Gasteiger partial charge in [-0.1, -0.05) is 6.92 Å². The Morgan fingerprint density at radius 1 is 1.39 bits per heavy atom. The normalized spacial score (nSPS) is 14.8. The monoisotopic (exact) mass is 248 g/mol. The smallest absolute Gasteiger partial charge is 0.225 e. The largest absolute Gasteiger partial charge is 0.341 e. The Kier molecular flexibility index (Phi) is 4.53. The molecule has 0 saturated heterocycles. The fraction of sp³-hybridized carbons (Fsp3) is 0.714. The fourth-order valence-electron chi connectivity index (χ4n) is 2.02. The third kappa shape index (κ3) is 3.42. The van der Waals surface area contributed by atoms with Gasteiger partial charge in [0.25, 0.3) is 0 Å². The van der Waals surface area contributed by atoms with E-state index in [0.29, 0.717) is 0 Å². The summed E-state index contributed by atoms with van der Waals surface area (Å²) in [7, 11) is 0. The van der Waals surface area contributed by atoms with E-state index in [-0.39, 0.29) is 0 Å². The lowest BCUT2D eigenvalue weighted by Crippen LogP contribution is -2.26. The van der Waals surface area contributed by atoms with Gasteiger partial charge < -0.3 is 10.2 Å². The maximum Gasteiger partial charge on any atom is 0.225 e. The lowest BCUT2D eigenvalue weighted by atomic mass is 10.2. The minimum absolute atomic E-state index is 0.733. The zero-order valence-electron chi connectivity index (χ0n) is 11.7. The summed E-state index contributed by atoms with van der Waals surface area (Å²) in [5, 5.41) is 3.51. The fourth-order valence-corrected chi connectivity index (χ4v) is 2.02. The average molecular weight is 248 g/mol. The minimum Gasteiger partial charge on any atom is -0.341 e. The molecule has 1 aromatic heterocycles. The SMILES string of the molecule is CCCN(CC)c1ncc(CNC2CC2)c(C)n1. The van der Waals surface area contributed by atoms with Crippen molar-refractivity contribution in [2.24, 2.45) is 0 Å². The van der Waals surface area contributed by atoms with Gasteiger partial charge in [-0.15, -0.1) is 0 Å². The third-order valence-electron chi connectivity index (χ3n) is 3.38. The van der Waals surface area contributed by atoms with Crippen LogP contribution in [-0.4, -0.2) is 29.1 Å². The van der Waals surface area contributed by atoms with Crippen LogP contribution >= 0.6 is 0 Å². The number of nitrogens with zero attached hydrogens (tertiary/aromatic N) is 3. The Balaban J connectivity index is 2.02. The maximum atomic E-state index is 4.64. The second-order valence-electron chi connectivity index (χ2n) is 5.02. The number of anilines is 1. The molecule has 1 aliphatic carbocycles. The first-order valence-electron chi connectivity index (χ1n) is 7.05. The van der Waals surface area contributed by atoms with E-state index in [9.17, 15) is 0 Å². The standard InChI is InChI=1S/C14H24N4/c1-4-8-18(5-2)14-16-10-12(11(3)17-14)9-15-13-6-7-13/h10,13,15H,4-9H2,1-3H3. The van der Waals surface area contributed by atoms with Crippen LogP contribution in [0.3, 0.4) is 0 Å². The van der Waals surface area contributed by atoms with Crippen molar-refractivity contribution in [2.45, 2.75) is 52.6 Å². The molecule has 1 N–H and O–H groups in total. The van der Waals surface area contributed by atoms with E-state index < -0.39 is 0 Å². The number of hydrogen-bond acceptors (Lipinski definition) is 4. The predicted molar refractivity (Wildman–Crippen MR) is 74.8 cm³/mol. The molecule has 18 heavy (non-hydrogen) atoms. The quantitative estimate of drug-likeness (QED) is 0.803. The zero-order chi connectivity index (χ0) is 13.0. The molecular weight excluding hydrogens is 224 g/mol. The van der Waals surface area contributed by atoms with Crippen LogP contribution in [0.4, 0.5) is 5.95 Å². The van der Waals surface area contributed by atoms with Crippen molar-refractivity contribution in [3.63, 3.8) is 0 Å². The topological polar surface area (TPSA) is 41.1 Å². The van der Waals surface area contributed by atoms with Crippen LogP contribution in [0.1, 0.15) is 44.4 Å². The van der Waals surface area contributed by atoms with Gasteiger partial charge in [-0.05, 0) is 33.1 Å². The van der Waals surface area contributed by atoms with Gasteiger partial charge in [-0.25, -0.2) is 9.97 Å². The average Bonchev–Trinajstić information content (AvgIpc) is 3.18. The lowest BCUT2D eigenvalue weighted by molar-refractivity contribution is 0.676. The van der Waals surface area contributed by atoms with Gasteiger partial charge in [0, 0.05) is 43.1 Å². The molecule has 1 heterocycles. The zero-order valence-corrected chi connectivity index (χ0v) is 11.7. The van der Waals surface area contributed by atoms with Crippen molar-refractivity contribution in [2.75, 3.05) is 18.0 Å². The van der Waals surface area contributed by atoms with Crippen molar-refractivity contribution >= 4 is 5.95 Å². The molecule has 4 nitrogen and oxygen atoms in total. The second-order valence-corrected chi connectivity index (χ2v) is 5.02. The van der Waals surface area contributed by atoms with Crippen LogP contribution in [0.5, 0.6) is 0 Å². The molecule has 0 atom stereocenters. The third-order valence-corrected chi connectivity index (χ3v) is 3.38. The van der Waals surface area contributed by atoms with Crippen LogP contribution in [0.2, 0.25) is 0 Å². The first-order chi connectivity index (χ1) is 8.74. The maximum absolute atomic E-state index is 4.64. The van der Waals surface area contributed by atoms with Gasteiger partial charge in [0.05, 0.1) is 0 Å². The first kappa shape index (κ1) is 13.3. The predicted octanol–water partition coefficient (Wildman–Crippen LogP) is 2.27. The molecule has 0 radical (unpaired) electrons. The molecule has 4 heteroatoms. The van der Waals surface area contributed by atoms with Gasteiger partial charge in [-0.2, -0.15) is 0 Å². The number of rotatable bonds is 7. The van der Waals surface area contributed by atoms with Crippen molar-refractivity contribution in [1.29, 1.82) is 0 Å². The van der Waals surface area contributed by atoms with Gasteiger partial charge in [-0.3, -0.25) is 0 Å². The molecule has 1 saturated carbocycles. The van der Waals surface area contributed by atoms with E-state index >= 15 is 0 Å². The molecule has 1 aromatic rings. The Hall–Kier alpha value is -1.16. The van der Waals surface area contributed by atoms with Crippen LogP contribution in [0, 0.1) is 6.92 Å². The second kappa shape index (κ2) is 6.14. The molecule has 0 spiro atoms. The number of nitrogens with one attached hydrogen (secondary N) is 1. The molecule has 1 fully saturated rings. The molecule has 0 unspecified atom stereocenters. The van der Waals surface area contributed by atoms with E-state index in [1.165, 1.54) is 18.4 Å². The summed E-state index contributed by atoms with van der Waals surface area (Å²) in [6.45, 7) is 9.30. The molecule has 0 aliphatic heterocycles. The molecule has 100 valence electrons. The Morgan fingerprint density at radius 3 is 2.72 bits per heavy atom. The van der Waals surface area contributed by atoms with E-state index in [2.05, 4.69) is 41.0 Å². The summed E-state index contributed by atoms with van der Waals surface area (Å²) in [5.74, 6) is 0.868. The van der Waals surface area contributed by atoms with Gasteiger partial charge >= 0.3 is 0 Å². The minimum atomic E-state index is 0.733. The Labute approximate surface area is 110 Å².